The predicted octanol–water partition coefficient (Wildman–Crippen LogP) is 3.93. The first-order valence-corrected chi connectivity index (χ1v) is 7.66. The molecular weight excluding hydrogens is 276 g/mol. The number of ether oxygens (including phenoxy) is 1. The largest absolute Gasteiger partial charge is 0.462 e. The van der Waals surface area contributed by atoms with Gasteiger partial charge in [-0.05, 0) is 49.9 Å². The number of hydrogen-bond acceptors (Lipinski definition) is 3. The third kappa shape index (κ3) is 4.17. The minimum Gasteiger partial charge on any atom is -0.462 e. The lowest BCUT2D eigenvalue weighted by atomic mass is 9.95. The lowest BCUT2D eigenvalue weighted by Gasteiger charge is -2.15. The first-order valence-electron chi connectivity index (χ1n) is 7.66. The molecule has 1 atom stereocenters. The lowest BCUT2D eigenvalue weighted by Crippen LogP contribution is -2.27. The van der Waals surface area contributed by atoms with Crippen LogP contribution in [0.5, 0.6) is 0 Å². The van der Waals surface area contributed by atoms with Crippen molar-refractivity contribution < 1.29 is 14.3 Å². The molecule has 0 heterocycles. The molecule has 3 nitrogen and oxygen atoms in total. The van der Waals surface area contributed by atoms with Gasteiger partial charge >= 0.3 is 5.97 Å². The van der Waals surface area contributed by atoms with Crippen molar-refractivity contribution in [1.29, 1.82) is 0 Å². The molecule has 0 spiro atoms. The highest BCUT2D eigenvalue weighted by molar-refractivity contribution is 5.97. The Morgan fingerprint density at radius 3 is 2.36 bits per heavy atom. The number of rotatable bonds is 6. The molecule has 0 fully saturated rings. The maximum Gasteiger partial charge on any atom is 0.316 e. The SMILES string of the molecule is CC(=O)C(CCc1ccc2ccccc2c1)C(=O)OC(C)C. The summed E-state index contributed by atoms with van der Waals surface area (Å²) in [6, 6.07) is 14.4. The van der Waals surface area contributed by atoms with E-state index in [9.17, 15) is 9.59 Å². The van der Waals surface area contributed by atoms with Crippen LogP contribution in [0.3, 0.4) is 0 Å². The molecule has 0 saturated carbocycles. The fourth-order valence-electron chi connectivity index (χ4n) is 2.51. The van der Waals surface area contributed by atoms with Gasteiger partial charge in [-0.25, -0.2) is 0 Å². The van der Waals surface area contributed by atoms with Gasteiger partial charge in [0.05, 0.1) is 6.10 Å². The number of Topliss-reactive ketones (excluding diaryl/α,β-unsaturated/α-hetero) is 1. The highest BCUT2D eigenvalue weighted by atomic mass is 16.5. The standard InChI is InChI=1S/C19H22O3/c1-13(2)22-19(21)18(14(3)20)11-9-15-8-10-16-6-4-5-7-17(16)12-15/h4-8,10,12-13,18H,9,11H2,1-3H3. The minimum atomic E-state index is -0.672. The molecule has 3 heteroatoms. The molecule has 2 aromatic carbocycles. The van der Waals surface area contributed by atoms with Crippen molar-refractivity contribution in [1.82, 2.24) is 0 Å². The average Bonchev–Trinajstić information content (AvgIpc) is 2.46. The Morgan fingerprint density at radius 1 is 1.05 bits per heavy atom. The van der Waals surface area contributed by atoms with E-state index in [1.165, 1.54) is 17.7 Å². The van der Waals surface area contributed by atoms with E-state index in [1.807, 2.05) is 18.2 Å². The van der Waals surface area contributed by atoms with Gasteiger partial charge in [-0.15, -0.1) is 0 Å². The lowest BCUT2D eigenvalue weighted by molar-refractivity contribution is -0.155. The normalized spacial score (nSPS) is 12.4. The summed E-state index contributed by atoms with van der Waals surface area (Å²) < 4.78 is 5.17. The van der Waals surface area contributed by atoms with E-state index >= 15 is 0 Å². The second-order valence-electron chi connectivity index (χ2n) is 5.87. The Hall–Kier alpha value is -2.16. The second-order valence-corrected chi connectivity index (χ2v) is 5.87. The molecule has 116 valence electrons. The molecule has 0 aliphatic rings. The maximum atomic E-state index is 12.0. The zero-order chi connectivity index (χ0) is 16.1. The van der Waals surface area contributed by atoms with Gasteiger partial charge in [-0.1, -0.05) is 42.5 Å². The van der Waals surface area contributed by atoms with Gasteiger partial charge in [0.1, 0.15) is 11.7 Å². The van der Waals surface area contributed by atoms with Gasteiger partial charge in [0.15, 0.2) is 0 Å². The molecular formula is C19H22O3. The van der Waals surface area contributed by atoms with E-state index in [0.717, 1.165) is 5.56 Å². The van der Waals surface area contributed by atoms with E-state index in [4.69, 9.17) is 4.74 Å². The van der Waals surface area contributed by atoms with E-state index in [-0.39, 0.29) is 11.9 Å². The number of hydrogen-bond donors (Lipinski definition) is 0. The number of aryl methyl sites for hydroxylation is 1. The molecule has 0 radical (unpaired) electrons. The van der Waals surface area contributed by atoms with Crippen LogP contribution in [0.2, 0.25) is 0 Å². The Balaban J connectivity index is 2.07. The van der Waals surface area contributed by atoms with Crippen LogP contribution in [0.4, 0.5) is 0 Å². The van der Waals surface area contributed by atoms with E-state index in [0.29, 0.717) is 12.8 Å². The van der Waals surface area contributed by atoms with Gasteiger partial charge in [-0.2, -0.15) is 0 Å². The van der Waals surface area contributed by atoms with Gasteiger partial charge in [0.25, 0.3) is 0 Å². The summed E-state index contributed by atoms with van der Waals surface area (Å²) in [6.45, 7) is 5.03. The molecule has 0 aliphatic carbocycles. The monoisotopic (exact) mass is 298 g/mol. The summed E-state index contributed by atoms with van der Waals surface area (Å²) >= 11 is 0. The van der Waals surface area contributed by atoms with E-state index in [2.05, 4.69) is 24.3 Å². The summed E-state index contributed by atoms with van der Waals surface area (Å²) in [5, 5.41) is 2.36. The van der Waals surface area contributed by atoms with Crippen molar-refractivity contribution in [2.24, 2.45) is 5.92 Å². The summed E-state index contributed by atoms with van der Waals surface area (Å²) in [4.78, 5) is 23.7. The van der Waals surface area contributed by atoms with Crippen LogP contribution in [-0.2, 0) is 20.7 Å². The highest BCUT2D eigenvalue weighted by Gasteiger charge is 2.25. The van der Waals surface area contributed by atoms with Crippen molar-refractivity contribution in [3.8, 4) is 0 Å². The van der Waals surface area contributed by atoms with Crippen LogP contribution in [0.15, 0.2) is 42.5 Å². The third-order valence-corrected chi connectivity index (χ3v) is 3.66. The molecule has 2 aromatic rings. The Morgan fingerprint density at radius 2 is 1.73 bits per heavy atom. The molecule has 0 aromatic heterocycles. The van der Waals surface area contributed by atoms with Crippen LogP contribution < -0.4 is 0 Å². The fraction of sp³-hybridized carbons (Fsp3) is 0.368. The van der Waals surface area contributed by atoms with Crippen molar-refractivity contribution >= 4 is 22.5 Å². The Bertz CT molecular complexity index is 673. The number of fused-ring (bicyclic) bond motifs is 1. The molecule has 0 N–H and O–H groups in total. The van der Waals surface area contributed by atoms with Gasteiger partial charge in [0.2, 0.25) is 0 Å². The number of benzene rings is 2. The van der Waals surface area contributed by atoms with Crippen LogP contribution in [0.25, 0.3) is 10.8 Å². The van der Waals surface area contributed by atoms with Crippen molar-refractivity contribution in [2.45, 2.75) is 39.7 Å². The molecule has 0 amide bonds. The quantitative estimate of drug-likeness (QED) is 0.599. The van der Waals surface area contributed by atoms with Crippen LogP contribution in [-0.4, -0.2) is 17.9 Å². The first-order chi connectivity index (χ1) is 10.5. The fourth-order valence-corrected chi connectivity index (χ4v) is 2.51. The summed E-state index contributed by atoms with van der Waals surface area (Å²) in [7, 11) is 0. The average molecular weight is 298 g/mol. The molecule has 0 aliphatic heterocycles. The molecule has 22 heavy (non-hydrogen) atoms. The molecule has 1 unspecified atom stereocenters. The number of esters is 1. The van der Waals surface area contributed by atoms with Gasteiger partial charge in [-0.3, -0.25) is 9.59 Å². The van der Waals surface area contributed by atoms with Crippen molar-refractivity contribution in [3.63, 3.8) is 0 Å². The van der Waals surface area contributed by atoms with Crippen molar-refractivity contribution in [2.75, 3.05) is 0 Å². The molecule has 0 bridgehead atoms. The Kier molecular flexibility index (Phi) is 5.31. The van der Waals surface area contributed by atoms with Crippen LogP contribution in [0, 0.1) is 5.92 Å². The highest BCUT2D eigenvalue weighted by Crippen LogP contribution is 2.19. The smallest absolute Gasteiger partial charge is 0.316 e. The van der Waals surface area contributed by atoms with E-state index in [1.54, 1.807) is 13.8 Å². The zero-order valence-electron chi connectivity index (χ0n) is 13.3. The van der Waals surface area contributed by atoms with E-state index < -0.39 is 11.9 Å². The van der Waals surface area contributed by atoms with Crippen molar-refractivity contribution in [3.05, 3.63) is 48.0 Å². The van der Waals surface area contributed by atoms with Gasteiger partial charge in [0, 0.05) is 0 Å². The first kappa shape index (κ1) is 16.2. The predicted molar refractivity (Wildman–Crippen MR) is 87.7 cm³/mol. The van der Waals surface area contributed by atoms with Crippen LogP contribution in [0.1, 0.15) is 32.8 Å². The van der Waals surface area contributed by atoms with Gasteiger partial charge < -0.3 is 4.74 Å². The summed E-state index contributed by atoms with van der Waals surface area (Å²) in [6.07, 6.45) is 0.969. The third-order valence-electron chi connectivity index (χ3n) is 3.66. The second kappa shape index (κ2) is 7.21. The molecule has 0 saturated heterocycles. The number of carbonyl (C=O) groups excluding carboxylic acids is 2. The Labute approximate surface area is 131 Å². The number of carbonyl (C=O) groups is 2. The zero-order valence-corrected chi connectivity index (χ0v) is 13.3. The summed E-state index contributed by atoms with van der Waals surface area (Å²) in [5.41, 5.74) is 1.13. The maximum absolute atomic E-state index is 12.0. The summed E-state index contributed by atoms with van der Waals surface area (Å²) in [5.74, 6) is -1.22. The molecule has 2 rings (SSSR count). The minimum absolute atomic E-state index is 0.133. The number of ketones is 1. The van der Waals surface area contributed by atoms with Crippen LogP contribution >= 0.6 is 0 Å². The topological polar surface area (TPSA) is 43.4 Å².